The summed E-state index contributed by atoms with van der Waals surface area (Å²) < 4.78 is 0. The molecule has 20 heavy (non-hydrogen) atoms. The van der Waals surface area contributed by atoms with Crippen molar-refractivity contribution in [3.63, 3.8) is 0 Å². The van der Waals surface area contributed by atoms with Gasteiger partial charge in [0.25, 0.3) is 0 Å². The summed E-state index contributed by atoms with van der Waals surface area (Å²) >= 11 is 0. The molecule has 1 aliphatic heterocycles. The van der Waals surface area contributed by atoms with Gasteiger partial charge in [0.2, 0.25) is 11.8 Å². The first-order chi connectivity index (χ1) is 9.54. The van der Waals surface area contributed by atoms with Gasteiger partial charge in [-0.15, -0.1) is 0 Å². The van der Waals surface area contributed by atoms with Crippen LogP contribution in [0.3, 0.4) is 0 Å². The Labute approximate surface area is 116 Å². The number of aromatic nitrogens is 2. The lowest BCUT2D eigenvalue weighted by atomic mass is 10.1. The molecule has 110 valence electrons. The van der Waals surface area contributed by atoms with E-state index < -0.39 is 4.92 Å². The fourth-order valence-electron chi connectivity index (χ4n) is 2.63. The maximum absolute atomic E-state index is 11.3. The van der Waals surface area contributed by atoms with Crippen LogP contribution in [0.4, 0.5) is 17.5 Å². The summed E-state index contributed by atoms with van der Waals surface area (Å²) in [6.45, 7) is 2.12. The maximum atomic E-state index is 11.3. The first kappa shape index (κ1) is 14.4. The lowest BCUT2D eigenvalue weighted by Crippen LogP contribution is -2.38. The van der Waals surface area contributed by atoms with Crippen LogP contribution >= 0.6 is 0 Å². The zero-order chi connectivity index (χ0) is 14.7. The van der Waals surface area contributed by atoms with E-state index in [1.807, 2.05) is 0 Å². The molecular weight excluding hydrogens is 262 g/mol. The number of nitrogen functional groups attached to an aromatic ring is 1. The molecule has 0 radical (unpaired) electrons. The lowest BCUT2D eigenvalue weighted by Gasteiger charge is -2.29. The summed E-state index contributed by atoms with van der Waals surface area (Å²) in [5.41, 5.74) is 5.75. The van der Waals surface area contributed by atoms with E-state index in [2.05, 4.69) is 9.97 Å². The molecule has 1 aromatic rings. The first-order valence-corrected chi connectivity index (χ1v) is 6.70. The Morgan fingerprint density at radius 1 is 1.45 bits per heavy atom. The van der Waals surface area contributed by atoms with Gasteiger partial charge >= 0.3 is 5.69 Å². The summed E-state index contributed by atoms with van der Waals surface area (Å²) in [6, 6.07) is -0.162. The molecule has 0 spiro atoms. The summed E-state index contributed by atoms with van der Waals surface area (Å²) in [5, 5.41) is 20.8. The highest BCUT2D eigenvalue weighted by molar-refractivity contribution is 5.62. The average Bonchev–Trinajstić information content (AvgIpc) is 2.61. The van der Waals surface area contributed by atoms with E-state index >= 15 is 0 Å². The molecule has 0 amide bonds. The minimum atomic E-state index is -0.483. The number of aliphatic hydroxyl groups excluding tert-OH is 1. The second-order valence-electron chi connectivity index (χ2n) is 4.98. The van der Waals surface area contributed by atoms with Crippen LogP contribution < -0.4 is 10.6 Å². The van der Waals surface area contributed by atoms with E-state index in [1.165, 1.54) is 0 Å². The Bertz CT molecular complexity index is 508. The van der Waals surface area contributed by atoms with Gasteiger partial charge in [-0.25, -0.2) is 4.98 Å². The van der Waals surface area contributed by atoms with Gasteiger partial charge in [0, 0.05) is 6.54 Å². The van der Waals surface area contributed by atoms with Gasteiger partial charge in [0.05, 0.1) is 17.6 Å². The van der Waals surface area contributed by atoms with Gasteiger partial charge in [0.15, 0.2) is 0 Å². The van der Waals surface area contributed by atoms with E-state index in [4.69, 9.17) is 5.73 Å². The first-order valence-electron chi connectivity index (χ1n) is 6.70. The predicted molar refractivity (Wildman–Crippen MR) is 74.5 cm³/mol. The molecule has 1 unspecified atom stereocenters. The molecular formula is C12H19N5O3. The van der Waals surface area contributed by atoms with Gasteiger partial charge in [-0.1, -0.05) is 12.8 Å². The third-order valence-corrected chi connectivity index (χ3v) is 3.60. The van der Waals surface area contributed by atoms with E-state index in [9.17, 15) is 15.2 Å². The average molecular weight is 281 g/mol. The summed E-state index contributed by atoms with van der Waals surface area (Å²) in [5.74, 6) is 0.241. The molecule has 2 rings (SSSR count). The molecule has 8 nitrogen and oxygen atoms in total. The second kappa shape index (κ2) is 6.00. The van der Waals surface area contributed by atoms with Crippen LogP contribution in [0.5, 0.6) is 0 Å². The standard InChI is InChI=1S/C12H19N5O3/c1-8-10(17(19)20)11(15-12(13)14-8)16-6-4-2-3-5-9(16)7-18/h9,18H,2-7H2,1H3,(H2,13,14,15). The van der Waals surface area contributed by atoms with Gasteiger partial charge in [-0.3, -0.25) is 10.1 Å². The minimum absolute atomic E-state index is 0.0176. The zero-order valence-electron chi connectivity index (χ0n) is 11.4. The second-order valence-corrected chi connectivity index (χ2v) is 4.98. The number of aliphatic hydroxyl groups is 1. The highest BCUT2D eigenvalue weighted by Crippen LogP contribution is 2.32. The predicted octanol–water partition coefficient (Wildman–Crippen LogP) is 1.02. The number of nitrogens with two attached hydrogens (primary N) is 1. The Kier molecular flexibility index (Phi) is 4.33. The molecule has 0 saturated carbocycles. The highest BCUT2D eigenvalue weighted by atomic mass is 16.6. The lowest BCUT2D eigenvalue weighted by molar-refractivity contribution is -0.385. The van der Waals surface area contributed by atoms with Crippen LogP contribution in [0.25, 0.3) is 0 Å². The fraction of sp³-hybridized carbons (Fsp3) is 0.667. The van der Waals surface area contributed by atoms with Gasteiger partial charge in [-0.2, -0.15) is 4.98 Å². The van der Waals surface area contributed by atoms with Crippen LogP contribution in [-0.2, 0) is 0 Å². The molecule has 1 saturated heterocycles. The monoisotopic (exact) mass is 281 g/mol. The highest BCUT2D eigenvalue weighted by Gasteiger charge is 2.30. The van der Waals surface area contributed by atoms with Crippen molar-refractivity contribution in [2.75, 3.05) is 23.8 Å². The SMILES string of the molecule is Cc1nc(N)nc(N2CCCCCC2CO)c1[N+](=O)[O-]. The molecule has 0 aliphatic carbocycles. The number of hydrogen-bond donors (Lipinski definition) is 2. The van der Waals surface area contributed by atoms with Crippen molar-refractivity contribution < 1.29 is 10.0 Å². The van der Waals surface area contributed by atoms with Gasteiger partial charge in [0.1, 0.15) is 5.69 Å². The largest absolute Gasteiger partial charge is 0.394 e. The number of aryl methyl sites for hydroxylation is 1. The van der Waals surface area contributed by atoms with Crippen LogP contribution in [0.2, 0.25) is 0 Å². The smallest absolute Gasteiger partial charge is 0.332 e. The molecule has 1 aliphatic rings. The molecule has 3 N–H and O–H groups in total. The van der Waals surface area contributed by atoms with Crippen LogP contribution in [0, 0.1) is 17.0 Å². The normalized spacial score (nSPS) is 19.7. The molecule has 0 bridgehead atoms. The number of hydrogen-bond acceptors (Lipinski definition) is 7. The number of nitrogens with zero attached hydrogens (tertiary/aromatic N) is 4. The Morgan fingerprint density at radius 2 is 2.20 bits per heavy atom. The van der Waals surface area contributed by atoms with E-state index in [0.717, 1.165) is 25.7 Å². The molecule has 1 atom stereocenters. The van der Waals surface area contributed by atoms with Crippen LogP contribution in [0.1, 0.15) is 31.4 Å². The van der Waals surface area contributed by atoms with Gasteiger partial charge < -0.3 is 15.7 Å². The molecule has 1 fully saturated rings. The van der Waals surface area contributed by atoms with Crippen molar-refractivity contribution >= 4 is 17.5 Å². The van der Waals surface area contributed by atoms with Gasteiger partial charge in [-0.05, 0) is 19.8 Å². The third kappa shape index (κ3) is 2.79. The Hall–Kier alpha value is -1.96. The van der Waals surface area contributed by atoms with Crippen molar-refractivity contribution in [1.82, 2.24) is 9.97 Å². The topological polar surface area (TPSA) is 118 Å². The number of nitro groups is 1. The van der Waals surface area contributed by atoms with Crippen molar-refractivity contribution in [1.29, 1.82) is 0 Å². The summed E-state index contributed by atoms with van der Waals surface area (Å²) in [6.07, 6.45) is 3.74. The number of rotatable bonds is 3. The summed E-state index contributed by atoms with van der Waals surface area (Å²) in [4.78, 5) is 20.5. The molecule has 1 aromatic heterocycles. The zero-order valence-corrected chi connectivity index (χ0v) is 11.4. The van der Waals surface area contributed by atoms with Crippen molar-refractivity contribution in [3.05, 3.63) is 15.8 Å². The van der Waals surface area contributed by atoms with E-state index in [1.54, 1.807) is 11.8 Å². The van der Waals surface area contributed by atoms with Crippen LogP contribution in [0.15, 0.2) is 0 Å². The Balaban J connectivity index is 2.50. The molecule has 0 aromatic carbocycles. The van der Waals surface area contributed by atoms with Crippen molar-refractivity contribution in [3.8, 4) is 0 Å². The minimum Gasteiger partial charge on any atom is -0.394 e. The van der Waals surface area contributed by atoms with E-state index in [-0.39, 0.29) is 35.8 Å². The van der Waals surface area contributed by atoms with Crippen molar-refractivity contribution in [2.24, 2.45) is 0 Å². The fourth-order valence-corrected chi connectivity index (χ4v) is 2.63. The molecule has 8 heteroatoms. The number of anilines is 2. The maximum Gasteiger partial charge on any atom is 0.332 e. The third-order valence-electron chi connectivity index (χ3n) is 3.60. The summed E-state index contributed by atoms with van der Waals surface area (Å²) in [7, 11) is 0. The van der Waals surface area contributed by atoms with Crippen molar-refractivity contribution in [2.45, 2.75) is 38.6 Å². The van der Waals surface area contributed by atoms with E-state index in [0.29, 0.717) is 6.54 Å². The van der Waals surface area contributed by atoms with Crippen LogP contribution in [-0.4, -0.2) is 39.2 Å². The Morgan fingerprint density at radius 3 is 2.85 bits per heavy atom. The molecule has 2 heterocycles. The quantitative estimate of drug-likeness (QED) is 0.627.